The summed E-state index contributed by atoms with van der Waals surface area (Å²) in [5, 5.41) is 9.86. The molecular formula is C17H17ClN4S. The van der Waals surface area contributed by atoms with Gasteiger partial charge in [0.15, 0.2) is 5.82 Å². The van der Waals surface area contributed by atoms with Crippen LogP contribution in [0.3, 0.4) is 0 Å². The van der Waals surface area contributed by atoms with E-state index in [1.54, 1.807) is 4.68 Å². The van der Waals surface area contributed by atoms with Crippen LogP contribution in [0.5, 0.6) is 0 Å². The lowest BCUT2D eigenvalue weighted by atomic mass is 10.1. The van der Waals surface area contributed by atoms with E-state index in [1.165, 1.54) is 22.9 Å². The fourth-order valence-corrected chi connectivity index (χ4v) is 3.42. The van der Waals surface area contributed by atoms with Crippen molar-refractivity contribution in [2.75, 3.05) is 5.84 Å². The zero-order valence-corrected chi connectivity index (χ0v) is 14.3. The van der Waals surface area contributed by atoms with Crippen LogP contribution in [0.25, 0.3) is 0 Å². The van der Waals surface area contributed by atoms with E-state index in [1.807, 2.05) is 36.4 Å². The third-order valence-corrected chi connectivity index (χ3v) is 5.02. The van der Waals surface area contributed by atoms with Gasteiger partial charge in [-0.05, 0) is 29.7 Å². The SMILES string of the molecule is Cc1ccccc1Cc1nnc(SCc2ccccc2Cl)n1N. The molecule has 6 heteroatoms. The van der Waals surface area contributed by atoms with Gasteiger partial charge < -0.3 is 5.84 Å². The molecule has 0 fully saturated rings. The number of hydrogen-bond acceptors (Lipinski definition) is 4. The Labute approximate surface area is 144 Å². The summed E-state index contributed by atoms with van der Waals surface area (Å²) in [7, 11) is 0. The molecule has 0 aliphatic heterocycles. The lowest BCUT2D eigenvalue weighted by Gasteiger charge is -2.06. The van der Waals surface area contributed by atoms with E-state index in [9.17, 15) is 0 Å². The lowest BCUT2D eigenvalue weighted by molar-refractivity contribution is 0.804. The molecule has 0 saturated heterocycles. The van der Waals surface area contributed by atoms with E-state index in [4.69, 9.17) is 17.4 Å². The molecule has 118 valence electrons. The number of benzene rings is 2. The Morgan fingerprint density at radius 2 is 1.74 bits per heavy atom. The third-order valence-electron chi connectivity index (χ3n) is 3.66. The fourth-order valence-electron chi connectivity index (χ4n) is 2.26. The molecule has 2 N–H and O–H groups in total. The molecule has 3 rings (SSSR count). The lowest BCUT2D eigenvalue weighted by Crippen LogP contribution is -2.14. The highest BCUT2D eigenvalue weighted by atomic mass is 35.5. The maximum Gasteiger partial charge on any atom is 0.210 e. The van der Waals surface area contributed by atoms with Crippen molar-refractivity contribution < 1.29 is 0 Å². The van der Waals surface area contributed by atoms with Gasteiger partial charge in [0.2, 0.25) is 5.16 Å². The van der Waals surface area contributed by atoms with Crippen molar-refractivity contribution in [3.63, 3.8) is 0 Å². The molecule has 0 aliphatic rings. The second-order valence-electron chi connectivity index (χ2n) is 5.25. The minimum Gasteiger partial charge on any atom is -0.336 e. The number of aryl methyl sites for hydroxylation is 1. The second-order valence-corrected chi connectivity index (χ2v) is 6.60. The molecule has 3 aromatic rings. The minimum atomic E-state index is 0.669. The topological polar surface area (TPSA) is 56.7 Å². The smallest absolute Gasteiger partial charge is 0.210 e. The molecule has 1 heterocycles. The number of aromatic nitrogens is 3. The van der Waals surface area contributed by atoms with E-state index < -0.39 is 0 Å². The Bertz CT molecular complexity index is 816. The number of rotatable bonds is 5. The summed E-state index contributed by atoms with van der Waals surface area (Å²) in [6, 6.07) is 16.0. The molecule has 0 radical (unpaired) electrons. The van der Waals surface area contributed by atoms with Crippen LogP contribution >= 0.6 is 23.4 Å². The molecule has 4 nitrogen and oxygen atoms in total. The van der Waals surface area contributed by atoms with Gasteiger partial charge in [0, 0.05) is 17.2 Å². The monoisotopic (exact) mass is 344 g/mol. The summed E-state index contributed by atoms with van der Waals surface area (Å²) in [6.45, 7) is 2.08. The number of nitrogens with two attached hydrogens (primary N) is 1. The predicted octanol–water partition coefficient (Wildman–Crippen LogP) is 3.84. The average molecular weight is 345 g/mol. The Morgan fingerprint density at radius 1 is 1.04 bits per heavy atom. The number of hydrogen-bond donors (Lipinski definition) is 1. The minimum absolute atomic E-state index is 0.669. The second kappa shape index (κ2) is 7.06. The first-order valence-electron chi connectivity index (χ1n) is 7.25. The van der Waals surface area contributed by atoms with Gasteiger partial charge in [0.05, 0.1) is 0 Å². The normalized spacial score (nSPS) is 10.9. The van der Waals surface area contributed by atoms with Gasteiger partial charge in [0.25, 0.3) is 0 Å². The Morgan fingerprint density at radius 3 is 2.48 bits per heavy atom. The van der Waals surface area contributed by atoms with Crippen molar-refractivity contribution in [2.24, 2.45) is 0 Å². The van der Waals surface area contributed by atoms with Crippen molar-refractivity contribution in [2.45, 2.75) is 24.3 Å². The highest BCUT2D eigenvalue weighted by Gasteiger charge is 2.12. The Hall–Kier alpha value is -1.98. The average Bonchev–Trinajstić information content (AvgIpc) is 2.89. The van der Waals surface area contributed by atoms with Crippen LogP contribution < -0.4 is 5.84 Å². The van der Waals surface area contributed by atoms with Gasteiger partial charge in [-0.2, -0.15) is 0 Å². The van der Waals surface area contributed by atoms with Gasteiger partial charge in [-0.1, -0.05) is 65.8 Å². The van der Waals surface area contributed by atoms with Crippen molar-refractivity contribution in [1.29, 1.82) is 0 Å². The van der Waals surface area contributed by atoms with E-state index in [0.717, 1.165) is 16.4 Å². The van der Waals surface area contributed by atoms with E-state index in [2.05, 4.69) is 29.3 Å². The highest BCUT2D eigenvalue weighted by Crippen LogP contribution is 2.25. The van der Waals surface area contributed by atoms with Crippen LogP contribution in [0.1, 0.15) is 22.5 Å². The van der Waals surface area contributed by atoms with Gasteiger partial charge in [0.1, 0.15) is 0 Å². The molecule has 0 aliphatic carbocycles. The van der Waals surface area contributed by atoms with Crippen LogP contribution in [-0.4, -0.2) is 14.9 Å². The van der Waals surface area contributed by atoms with E-state index in [0.29, 0.717) is 17.3 Å². The summed E-state index contributed by atoms with van der Waals surface area (Å²) in [6.07, 6.45) is 0.669. The first kappa shape index (κ1) is 15.9. The largest absolute Gasteiger partial charge is 0.336 e. The summed E-state index contributed by atoms with van der Waals surface area (Å²) in [5.41, 5.74) is 3.48. The highest BCUT2D eigenvalue weighted by molar-refractivity contribution is 7.98. The predicted molar refractivity (Wildman–Crippen MR) is 95.2 cm³/mol. The van der Waals surface area contributed by atoms with E-state index in [-0.39, 0.29) is 0 Å². The Balaban J connectivity index is 1.72. The molecule has 0 unspecified atom stereocenters. The quantitative estimate of drug-likeness (QED) is 0.564. The van der Waals surface area contributed by atoms with Crippen molar-refractivity contribution in [1.82, 2.24) is 14.9 Å². The summed E-state index contributed by atoms with van der Waals surface area (Å²) < 4.78 is 1.56. The van der Waals surface area contributed by atoms with Crippen LogP contribution in [0, 0.1) is 6.92 Å². The van der Waals surface area contributed by atoms with Gasteiger partial charge in [-0.15, -0.1) is 10.2 Å². The number of thioether (sulfide) groups is 1. The summed E-state index contributed by atoms with van der Waals surface area (Å²) >= 11 is 7.70. The molecule has 1 aromatic heterocycles. The van der Waals surface area contributed by atoms with Gasteiger partial charge in [-0.25, -0.2) is 4.68 Å². The third kappa shape index (κ3) is 3.68. The molecule has 0 spiro atoms. The molecule has 0 amide bonds. The van der Waals surface area contributed by atoms with Crippen LogP contribution in [0.4, 0.5) is 0 Å². The van der Waals surface area contributed by atoms with Crippen LogP contribution in [0.15, 0.2) is 53.7 Å². The van der Waals surface area contributed by atoms with Crippen molar-refractivity contribution >= 4 is 23.4 Å². The molecule has 0 bridgehead atoms. The van der Waals surface area contributed by atoms with Crippen LogP contribution in [0.2, 0.25) is 5.02 Å². The fraction of sp³-hybridized carbons (Fsp3) is 0.176. The van der Waals surface area contributed by atoms with Crippen molar-refractivity contribution in [3.05, 3.63) is 76.1 Å². The van der Waals surface area contributed by atoms with Gasteiger partial charge >= 0.3 is 0 Å². The number of nitrogen functional groups attached to an aromatic ring is 1. The maximum absolute atomic E-state index is 6.17. The van der Waals surface area contributed by atoms with E-state index >= 15 is 0 Å². The molecule has 0 atom stereocenters. The molecule has 0 saturated carbocycles. The standard InChI is InChI=1S/C17H17ClN4S/c1-12-6-2-3-7-13(12)10-16-20-21-17(22(16)19)23-11-14-8-4-5-9-15(14)18/h2-9H,10-11,19H2,1H3. The maximum atomic E-state index is 6.17. The first-order valence-corrected chi connectivity index (χ1v) is 8.61. The first-order chi connectivity index (χ1) is 11.1. The summed E-state index contributed by atoms with van der Waals surface area (Å²) in [5.74, 6) is 7.60. The molecular weight excluding hydrogens is 328 g/mol. The Kier molecular flexibility index (Phi) is 4.88. The zero-order chi connectivity index (χ0) is 16.2. The molecule has 23 heavy (non-hydrogen) atoms. The summed E-state index contributed by atoms with van der Waals surface area (Å²) in [4.78, 5) is 0. The van der Waals surface area contributed by atoms with Crippen molar-refractivity contribution in [3.8, 4) is 0 Å². The number of halogens is 1. The molecule has 2 aromatic carbocycles. The zero-order valence-electron chi connectivity index (χ0n) is 12.7. The van der Waals surface area contributed by atoms with Crippen LogP contribution in [-0.2, 0) is 12.2 Å². The number of nitrogens with zero attached hydrogens (tertiary/aromatic N) is 3. The van der Waals surface area contributed by atoms with Gasteiger partial charge in [-0.3, -0.25) is 0 Å².